The van der Waals surface area contributed by atoms with Gasteiger partial charge in [0.25, 0.3) is 0 Å². The highest BCUT2D eigenvalue weighted by molar-refractivity contribution is 6.07. The van der Waals surface area contributed by atoms with Gasteiger partial charge in [0.2, 0.25) is 0 Å². The Hall–Kier alpha value is -2.67. The third-order valence-electron chi connectivity index (χ3n) is 5.55. The molecular formula is C22H26NO6. The third kappa shape index (κ3) is 4.85. The first-order valence-electron chi connectivity index (χ1n) is 9.89. The Morgan fingerprint density at radius 2 is 2.10 bits per heavy atom. The number of carbonyl (C=O) groups excluding carboxylic acids is 1. The fraction of sp³-hybridized carbons (Fsp3) is 0.500. The minimum atomic E-state index is -1.05. The molecule has 0 saturated heterocycles. The van der Waals surface area contributed by atoms with E-state index in [4.69, 9.17) is 14.7 Å². The number of nitrogens with zero attached hydrogens (tertiary/aromatic N) is 1. The number of aliphatic carboxylic acids is 1. The maximum absolute atomic E-state index is 11.9. The van der Waals surface area contributed by atoms with Gasteiger partial charge in [-0.3, -0.25) is 9.59 Å². The number of fused-ring (bicyclic) bond motifs is 2. The van der Waals surface area contributed by atoms with Crippen LogP contribution >= 0.6 is 0 Å². The van der Waals surface area contributed by atoms with Crippen LogP contribution in [0.1, 0.15) is 51.0 Å². The molecule has 2 aliphatic rings. The van der Waals surface area contributed by atoms with Crippen LogP contribution in [-0.2, 0) is 14.4 Å². The number of esters is 1. The molecule has 0 spiro atoms. The second-order valence-corrected chi connectivity index (χ2v) is 7.49. The molecule has 7 nitrogen and oxygen atoms in total. The van der Waals surface area contributed by atoms with E-state index < -0.39 is 18.0 Å². The topological polar surface area (TPSA) is 105 Å². The van der Waals surface area contributed by atoms with E-state index >= 15 is 0 Å². The van der Waals surface area contributed by atoms with E-state index in [1.54, 1.807) is 12.1 Å². The molecule has 0 aliphatic heterocycles. The minimum absolute atomic E-state index is 0.0170. The van der Waals surface area contributed by atoms with Crippen LogP contribution in [0.4, 0.5) is 0 Å². The van der Waals surface area contributed by atoms with Gasteiger partial charge in [-0.25, -0.2) is 0 Å². The molecule has 0 aromatic heterocycles. The number of oxime groups is 1. The molecule has 1 saturated carbocycles. The van der Waals surface area contributed by atoms with Gasteiger partial charge in [-0.15, -0.1) is 0 Å². The molecule has 0 amide bonds. The Labute approximate surface area is 170 Å². The molecule has 1 aromatic carbocycles. The van der Waals surface area contributed by atoms with Crippen molar-refractivity contribution in [3.63, 3.8) is 0 Å². The number of carboxylic acids is 1. The van der Waals surface area contributed by atoms with Crippen molar-refractivity contribution in [1.29, 1.82) is 0 Å². The van der Waals surface area contributed by atoms with Crippen LogP contribution in [0.3, 0.4) is 0 Å². The Bertz CT molecular complexity index is 843. The SMILES string of the molecule is CCC(=NOC)C1=C(c2cc[c]c(OC(=O)CCC(=O)O)c2)CC2CC(O)[C@H]1C2. The van der Waals surface area contributed by atoms with Crippen LogP contribution in [0.15, 0.2) is 28.9 Å². The Balaban J connectivity index is 1.94. The molecule has 1 fully saturated rings. The molecule has 1 aromatic rings. The number of ether oxygens (including phenoxy) is 1. The monoisotopic (exact) mass is 400 g/mol. The summed E-state index contributed by atoms with van der Waals surface area (Å²) in [5.41, 5.74) is 3.81. The summed E-state index contributed by atoms with van der Waals surface area (Å²) in [5, 5.41) is 23.5. The van der Waals surface area contributed by atoms with Crippen molar-refractivity contribution in [2.24, 2.45) is 17.0 Å². The lowest BCUT2D eigenvalue weighted by Crippen LogP contribution is -2.23. The fourth-order valence-corrected chi connectivity index (χ4v) is 4.37. The maximum atomic E-state index is 11.9. The molecular weight excluding hydrogens is 374 g/mol. The smallest absolute Gasteiger partial charge is 0.311 e. The van der Waals surface area contributed by atoms with Crippen molar-refractivity contribution in [2.75, 3.05) is 7.11 Å². The average molecular weight is 400 g/mol. The largest absolute Gasteiger partial charge is 0.481 e. The van der Waals surface area contributed by atoms with E-state index in [1.165, 1.54) is 7.11 Å². The second-order valence-electron chi connectivity index (χ2n) is 7.49. The molecule has 2 N–H and O–H groups in total. The lowest BCUT2D eigenvalue weighted by atomic mass is 9.77. The van der Waals surface area contributed by atoms with Gasteiger partial charge < -0.3 is 19.8 Å². The number of rotatable bonds is 8. The first-order chi connectivity index (χ1) is 13.9. The van der Waals surface area contributed by atoms with Gasteiger partial charge in [0.05, 0.1) is 24.7 Å². The van der Waals surface area contributed by atoms with E-state index in [-0.39, 0.29) is 24.5 Å². The lowest BCUT2D eigenvalue weighted by Gasteiger charge is -2.28. The van der Waals surface area contributed by atoms with Crippen LogP contribution in [0.5, 0.6) is 5.75 Å². The third-order valence-corrected chi connectivity index (χ3v) is 5.55. The normalized spacial score (nSPS) is 23.8. The summed E-state index contributed by atoms with van der Waals surface area (Å²) in [4.78, 5) is 27.6. The van der Waals surface area contributed by atoms with Crippen molar-refractivity contribution in [3.05, 3.63) is 35.4 Å². The number of hydrogen-bond acceptors (Lipinski definition) is 6. The zero-order chi connectivity index (χ0) is 21.0. The molecule has 155 valence electrons. The van der Waals surface area contributed by atoms with E-state index in [9.17, 15) is 14.7 Å². The van der Waals surface area contributed by atoms with Crippen LogP contribution in [-0.4, -0.2) is 41.1 Å². The molecule has 2 bridgehead atoms. The molecule has 7 heteroatoms. The molecule has 2 aliphatic carbocycles. The number of aliphatic hydroxyl groups is 1. The van der Waals surface area contributed by atoms with Crippen LogP contribution in [0.2, 0.25) is 0 Å². The van der Waals surface area contributed by atoms with Crippen molar-refractivity contribution in [1.82, 2.24) is 0 Å². The highest BCUT2D eigenvalue weighted by Gasteiger charge is 2.42. The van der Waals surface area contributed by atoms with Crippen molar-refractivity contribution in [2.45, 2.75) is 51.6 Å². The first-order valence-corrected chi connectivity index (χ1v) is 9.89. The number of hydrogen-bond donors (Lipinski definition) is 2. The summed E-state index contributed by atoms with van der Waals surface area (Å²) in [5.74, 6) is -0.979. The Kier molecular flexibility index (Phi) is 6.69. The standard InChI is InChI=1S/C22H26NO6/c1-3-18(23-28-2)22-16(9-13-10-17(22)19(24)11-13)14-5-4-6-15(12-14)29-21(27)8-7-20(25)26/h4-5,12-13,17,19,24H,3,7-11H2,1-2H3,(H,25,26)/t13?,17-,19?/m1/s1. The number of aliphatic hydroxyl groups excluding tert-OH is 1. The quantitative estimate of drug-likeness (QED) is 0.300. The summed E-state index contributed by atoms with van der Waals surface area (Å²) in [6, 6.07) is 8.21. The van der Waals surface area contributed by atoms with Crippen molar-refractivity contribution < 1.29 is 29.4 Å². The van der Waals surface area contributed by atoms with Crippen molar-refractivity contribution >= 4 is 23.2 Å². The molecule has 2 unspecified atom stereocenters. The second kappa shape index (κ2) is 9.22. The van der Waals surface area contributed by atoms with Gasteiger partial charge in [-0.1, -0.05) is 18.1 Å². The Morgan fingerprint density at radius 3 is 2.79 bits per heavy atom. The molecule has 3 rings (SSSR count). The van der Waals surface area contributed by atoms with Gasteiger partial charge in [-0.05, 0) is 60.4 Å². The van der Waals surface area contributed by atoms with Gasteiger partial charge in [0.1, 0.15) is 12.9 Å². The first kappa shape index (κ1) is 21.0. The van der Waals surface area contributed by atoms with Gasteiger partial charge in [0, 0.05) is 12.0 Å². The molecule has 0 heterocycles. The van der Waals surface area contributed by atoms with E-state index in [2.05, 4.69) is 11.2 Å². The summed E-state index contributed by atoms with van der Waals surface area (Å²) in [7, 11) is 1.51. The Morgan fingerprint density at radius 1 is 1.31 bits per heavy atom. The summed E-state index contributed by atoms with van der Waals surface area (Å²) in [6.07, 6.45) is 2.31. The van der Waals surface area contributed by atoms with Gasteiger partial charge >= 0.3 is 11.9 Å². The predicted molar refractivity (Wildman–Crippen MR) is 106 cm³/mol. The van der Waals surface area contributed by atoms with Crippen LogP contribution < -0.4 is 4.74 Å². The van der Waals surface area contributed by atoms with E-state index in [0.29, 0.717) is 12.3 Å². The number of carbonyl (C=O) groups is 2. The van der Waals surface area contributed by atoms with Crippen LogP contribution in [0, 0.1) is 17.9 Å². The molecule has 3 atom stereocenters. The fourth-order valence-electron chi connectivity index (χ4n) is 4.37. The lowest BCUT2D eigenvalue weighted by molar-refractivity contribution is -0.142. The van der Waals surface area contributed by atoms with E-state index in [1.807, 2.05) is 13.0 Å². The summed E-state index contributed by atoms with van der Waals surface area (Å²) >= 11 is 0. The number of carboxylic acid groups (broad SMARTS) is 1. The summed E-state index contributed by atoms with van der Waals surface area (Å²) < 4.78 is 5.27. The summed E-state index contributed by atoms with van der Waals surface area (Å²) in [6.45, 7) is 2.00. The zero-order valence-corrected chi connectivity index (χ0v) is 16.7. The molecule has 29 heavy (non-hydrogen) atoms. The predicted octanol–water partition coefficient (Wildman–Crippen LogP) is 3.21. The van der Waals surface area contributed by atoms with E-state index in [0.717, 1.165) is 41.7 Å². The highest BCUT2D eigenvalue weighted by Crippen LogP contribution is 2.49. The maximum Gasteiger partial charge on any atom is 0.311 e. The number of allylic oxidation sites excluding steroid dienone is 1. The van der Waals surface area contributed by atoms with Crippen molar-refractivity contribution in [3.8, 4) is 5.75 Å². The average Bonchev–Trinajstić information content (AvgIpc) is 2.99. The molecule has 1 radical (unpaired) electrons. The highest BCUT2D eigenvalue weighted by atomic mass is 16.6. The minimum Gasteiger partial charge on any atom is -0.481 e. The number of benzene rings is 1. The van der Waals surface area contributed by atoms with Gasteiger partial charge in [-0.2, -0.15) is 0 Å². The van der Waals surface area contributed by atoms with Gasteiger partial charge in [0.15, 0.2) is 0 Å². The zero-order valence-electron chi connectivity index (χ0n) is 16.7. The van der Waals surface area contributed by atoms with Crippen LogP contribution in [0.25, 0.3) is 5.57 Å².